The number of nitrogens with one attached hydrogen (secondary N) is 1. The molecule has 3 aromatic carbocycles. The van der Waals surface area contributed by atoms with Crippen LogP contribution in [0.4, 0.5) is 23.7 Å². The maximum absolute atomic E-state index is 13.9. The molecule has 4 rings (SSSR count). The van der Waals surface area contributed by atoms with Gasteiger partial charge in [0.1, 0.15) is 24.3 Å². The van der Waals surface area contributed by atoms with Crippen LogP contribution in [0.3, 0.4) is 0 Å². The summed E-state index contributed by atoms with van der Waals surface area (Å²) in [5.41, 5.74) is 8.61. The Morgan fingerprint density at radius 2 is 1.71 bits per heavy atom. The number of nitrogens with two attached hydrogens (primary N) is 1. The number of phenols is 1. The fraction of sp³-hybridized carbons (Fsp3) is 0.333. The van der Waals surface area contributed by atoms with Gasteiger partial charge in [-0.25, -0.2) is 9.59 Å². The highest BCUT2D eigenvalue weighted by atomic mass is 35.5. The number of hydrogen-bond acceptors (Lipinski definition) is 7. The number of anilines is 1. The lowest BCUT2D eigenvalue weighted by Gasteiger charge is -2.36. The molecule has 1 heterocycles. The standard InChI is InChI=1S/C31H35ClN4O5.C2HF3O2/c1-3-41-30(39)23-9-11-25(12-10-23)34-31(40)35(28(29(33)38)18-21-7-13-27(37)14-8-21)26-15-16-36(2,20-26)19-22-5-4-6-24(32)17-22;3-2(4,5)1(6)7/h4-14,17,26,28H,3,15-16,18-20H2,1-2H3,(H3-,33,34,37,38,39,40);(H,6,7)/t26-,28+,36?;/m1./s1. The summed E-state index contributed by atoms with van der Waals surface area (Å²) in [6, 6.07) is 19.0. The van der Waals surface area contributed by atoms with Gasteiger partial charge in [0.2, 0.25) is 5.91 Å². The van der Waals surface area contributed by atoms with Crippen LogP contribution in [0, 0.1) is 0 Å². The van der Waals surface area contributed by atoms with E-state index in [1.54, 1.807) is 48.2 Å². The first-order valence-electron chi connectivity index (χ1n) is 14.8. The fourth-order valence-corrected chi connectivity index (χ4v) is 5.66. The molecule has 4 N–H and O–H groups in total. The van der Waals surface area contributed by atoms with Crippen molar-refractivity contribution < 1.29 is 51.8 Å². The van der Waals surface area contributed by atoms with Crippen LogP contribution >= 0.6 is 11.6 Å². The van der Waals surface area contributed by atoms with Crippen molar-refractivity contribution in [2.45, 2.75) is 44.6 Å². The molecular formula is C33H36ClF3N4O7. The van der Waals surface area contributed by atoms with Crippen molar-refractivity contribution in [1.82, 2.24) is 4.90 Å². The number of carbonyl (C=O) groups excluding carboxylic acids is 4. The van der Waals surface area contributed by atoms with Crippen LogP contribution in [0.2, 0.25) is 5.02 Å². The van der Waals surface area contributed by atoms with E-state index < -0.39 is 36.1 Å². The maximum Gasteiger partial charge on any atom is 0.430 e. The first-order chi connectivity index (χ1) is 22.5. The minimum atomic E-state index is -5.19. The van der Waals surface area contributed by atoms with Crippen LogP contribution in [0.15, 0.2) is 72.8 Å². The summed E-state index contributed by atoms with van der Waals surface area (Å²) < 4.78 is 37.2. The van der Waals surface area contributed by atoms with Crippen molar-refractivity contribution in [2.24, 2.45) is 5.73 Å². The topological polar surface area (TPSA) is 162 Å². The zero-order chi connectivity index (χ0) is 35.6. The predicted octanol–water partition coefficient (Wildman–Crippen LogP) is 3.87. The zero-order valence-corrected chi connectivity index (χ0v) is 27.0. The van der Waals surface area contributed by atoms with Gasteiger partial charge in [0, 0.05) is 29.1 Å². The summed E-state index contributed by atoms with van der Waals surface area (Å²) in [5.74, 6) is -3.97. The monoisotopic (exact) mass is 692 g/mol. The Labute approximate surface area is 280 Å². The average Bonchev–Trinajstić information content (AvgIpc) is 3.38. The van der Waals surface area contributed by atoms with E-state index in [1.165, 1.54) is 12.1 Å². The minimum Gasteiger partial charge on any atom is -0.542 e. The number of halogens is 4. The fourth-order valence-electron chi connectivity index (χ4n) is 5.44. The molecule has 3 amide bonds. The summed E-state index contributed by atoms with van der Waals surface area (Å²) in [6.45, 7) is 4.12. The quantitative estimate of drug-likeness (QED) is 0.215. The van der Waals surface area contributed by atoms with Gasteiger partial charge in [-0.2, -0.15) is 13.2 Å². The number of amides is 3. The number of quaternary nitrogens is 1. The second-order valence-corrected chi connectivity index (χ2v) is 11.9. The van der Waals surface area contributed by atoms with Crippen LogP contribution in [0.5, 0.6) is 5.75 Å². The largest absolute Gasteiger partial charge is 0.542 e. The van der Waals surface area contributed by atoms with Crippen LogP contribution in [-0.2, 0) is 27.3 Å². The number of nitrogens with zero attached hydrogens (tertiary/aromatic N) is 2. The average molecular weight is 693 g/mol. The Morgan fingerprint density at radius 1 is 1.08 bits per heavy atom. The molecule has 1 unspecified atom stereocenters. The molecule has 15 heteroatoms. The zero-order valence-electron chi connectivity index (χ0n) is 26.2. The highest BCUT2D eigenvalue weighted by molar-refractivity contribution is 6.30. The molecule has 3 aromatic rings. The Balaban J connectivity index is 0.000000804. The Hall–Kier alpha value is -4.82. The number of ether oxygens (including phenoxy) is 1. The Morgan fingerprint density at radius 3 is 2.25 bits per heavy atom. The molecule has 0 bridgehead atoms. The van der Waals surface area contributed by atoms with Crippen molar-refractivity contribution in [3.05, 3.63) is 94.5 Å². The number of benzene rings is 3. The molecule has 1 fully saturated rings. The number of likely N-dealkylation sites (N-methyl/N-ethyl adjacent to an activating group) is 1. The number of carbonyl (C=O) groups is 4. The molecule has 0 aliphatic carbocycles. The third kappa shape index (κ3) is 10.9. The van der Waals surface area contributed by atoms with E-state index in [0.29, 0.717) is 33.7 Å². The highest BCUT2D eigenvalue weighted by Crippen LogP contribution is 2.29. The lowest BCUT2D eigenvalue weighted by Crippen LogP contribution is -2.56. The molecule has 258 valence electrons. The number of hydrogen-bond donors (Lipinski definition) is 3. The van der Waals surface area contributed by atoms with E-state index in [0.717, 1.165) is 24.2 Å². The molecule has 0 saturated carbocycles. The van der Waals surface area contributed by atoms with Gasteiger partial charge in [0.05, 0.1) is 38.3 Å². The maximum atomic E-state index is 13.9. The second-order valence-electron chi connectivity index (χ2n) is 11.5. The number of esters is 1. The van der Waals surface area contributed by atoms with Gasteiger partial charge in [-0.3, -0.25) is 4.79 Å². The van der Waals surface area contributed by atoms with E-state index in [1.807, 2.05) is 24.3 Å². The molecule has 11 nitrogen and oxygen atoms in total. The smallest absolute Gasteiger partial charge is 0.430 e. The number of phenolic OH excluding ortho intramolecular Hbond substituents is 1. The number of alkyl halides is 3. The molecule has 1 saturated heterocycles. The van der Waals surface area contributed by atoms with Crippen molar-refractivity contribution in [3.8, 4) is 5.75 Å². The molecule has 48 heavy (non-hydrogen) atoms. The number of likely N-dealkylation sites (tertiary alicyclic amines) is 1. The number of aliphatic carboxylic acids is 1. The van der Waals surface area contributed by atoms with Crippen LogP contribution in [0.1, 0.15) is 34.8 Å². The summed E-state index contributed by atoms with van der Waals surface area (Å²) in [4.78, 5) is 49.1. The van der Waals surface area contributed by atoms with Crippen LogP contribution in [-0.4, -0.2) is 83.4 Å². The number of carboxylic acid groups (broad SMARTS) is 1. The third-order valence-electron chi connectivity index (χ3n) is 7.64. The van der Waals surface area contributed by atoms with Gasteiger partial charge < -0.3 is 40.2 Å². The summed E-state index contributed by atoms with van der Waals surface area (Å²) >= 11 is 6.22. The molecule has 0 aromatic heterocycles. The number of rotatable bonds is 10. The van der Waals surface area contributed by atoms with Crippen LogP contribution < -0.4 is 16.2 Å². The molecule has 1 aliphatic heterocycles. The summed E-state index contributed by atoms with van der Waals surface area (Å²) in [6.07, 6.45) is -4.33. The van der Waals surface area contributed by atoms with E-state index >= 15 is 0 Å². The van der Waals surface area contributed by atoms with Gasteiger partial charge in [0.25, 0.3) is 0 Å². The number of carboxylic acids is 1. The van der Waals surface area contributed by atoms with Crippen molar-refractivity contribution in [2.75, 3.05) is 32.1 Å². The first kappa shape index (κ1) is 37.6. The van der Waals surface area contributed by atoms with E-state index in [2.05, 4.69) is 12.4 Å². The second kappa shape index (κ2) is 16.3. The Kier molecular flexibility index (Phi) is 12.8. The van der Waals surface area contributed by atoms with Crippen molar-refractivity contribution in [1.29, 1.82) is 0 Å². The normalized spacial score (nSPS) is 17.8. The lowest BCUT2D eigenvalue weighted by atomic mass is 10.0. The minimum absolute atomic E-state index is 0.107. The van der Waals surface area contributed by atoms with E-state index in [4.69, 9.17) is 32.0 Å². The molecular weight excluding hydrogens is 657 g/mol. The number of aromatic hydroxyl groups is 1. The lowest BCUT2D eigenvalue weighted by molar-refractivity contribution is -0.911. The molecule has 0 spiro atoms. The predicted molar refractivity (Wildman–Crippen MR) is 169 cm³/mol. The van der Waals surface area contributed by atoms with E-state index in [-0.39, 0.29) is 24.8 Å². The molecule has 3 atom stereocenters. The summed E-state index contributed by atoms with van der Waals surface area (Å²) in [7, 11) is 2.13. The number of urea groups is 1. The molecule has 0 radical (unpaired) electrons. The summed E-state index contributed by atoms with van der Waals surface area (Å²) in [5, 5.41) is 22.1. The van der Waals surface area contributed by atoms with Crippen LogP contribution in [0.25, 0.3) is 0 Å². The van der Waals surface area contributed by atoms with Crippen molar-refractivity contribution in [3.63, 3.8) is 0 Å². The highest BCUT2D eigenvalue weighted by Gasteiger charge is 2.43. The van der Waals surface area contributed by atoms with Gasteiger partial charge in [-0.05, 0) is 61.0 Å². The van der Waals surface area contributed by atoms with E-state index in [9.17, 15) is 32.7 Å². The van der Waals surface area contributed by atoms with Gasteiger partial charge in [-0.1, -0.05) is 35.9 Å². The van der Waals surface area contributed by atoms with Gasteiger partial charge in [-0.15, -0.1) is 0 Å². The van der Waals surface area contributed by atoms with Gasteiger partial charge >= 0.3 is 18.2 Å². The van der Waals surface area contributed by atoms with Crippen molar-refractivity contribution >= 4 is 41.2 Å². The Bertz CT molecular complexity index is 1590. The first-order valence-corrected chi connectivity index (χ1v) is 15.2. The third-order valence-corrected chi connectivity index (χ3v) is 7.88. The SMILES string of the molecule is CCOC(=O)c1ccc(NC(=O)N([C@@H]2CC[N+](C)(Cc3cccc(Cl)c3)C2)[C@@H](Cc2ccc(O)cc2)C(N)=O)cc1.O=C([O-])C(F)(F)F. The number of primary amides is 1. The molecule has 1 aliphatic rings. The van der Waals surface area contributed by atoms with Gasteiger partial charge in [0.15, 0.2) is 0 Å².